The number of anilines is 1. The highest BCUT2D eigenvalue weighted by Gasteiger charge is 2.09. The van der Waals surface area contributed by atoms with E-state index in [1.165, 1.54) is 11.3 Å². The quantitative estimate of drug-likeness (QED) is 0.815. The zero-order valence-corrected chi connectivity index (χ0v) is 10.7. The number of para-hydroxylation sites is 1. The van der Waals surface area contributed by atoms with Gasteiger partial charge in [-0.05, 0) is 17.2 Å². The third-order valence-corrected chi connectivity index (χ3v) is 2.96. The van der Waals surface area contributed by atoms with Crippen molar-refractivity contribution in [3.63, 3.8) is 0 Å². The maximum absolute atomic E-state index is 8.91. The van der Waals surface area contributed by atoms with E-state index < -0.39 is 0 Å². The molecule has 0 bridgehead atoms. The first kappa shape index (κ1) is 12.2. The summed E-state index contributed by atoms with van der Waals surface area (Å²) in [5.74, 6) is 0. The second kappa shape index (κ2) is 5.37. The standard InChI is InChI=1S/C16H16N2/c1-18(2)16-10-6-5-9-15(16)14-8-4-3-7-13(14)11-12-17/h3-10H,11H2,1-2H3. The van der Waals surface area contributed by atoms with Crippen LogP contribution in [0.4, 0.5) is 5.69 Å². The van der Waals surface area contributed by atoms with Crippen molar-refractivity contribution in [3.8, 4) is 17.2 Å². The number of benzene rings is 2. The van der Waals surface area contributed by atoms with E-state index in [1.54, 1.807) is 0 Å². The molecule has 0 saturated carbocycles. The minimum absolute atomic E-state index is 0.442. The molecule has 18 heavy (non-hydrogen) atoms. The van der Waals surface area contributed by atoms with Gasteiger partial charge in [0, 0.05) is 25.3 Å². The molecule has 0 radical (unpaired) electrons. The maximum atomic E-state index is 8.91. The monoisotopic (exact) mass is 236 g/mol. The second-order valence-corrected chi connectivity index (χ2v) is 4.40. The zero-order valence-electron chi connectivity index (χ0n) is 10.7. The fraction of sp³-hybridized carbons (Fsp3) is 0.188. The van der Waals surface area contributed by atoms with E-state index in [2.05, 4.69) is 29.2 Å². The van der Waals surface area contributed by atoms with Crippen LogP contribution in [0.5, 0.6) is 0 Å². The third-order valence-electron chi connectivity index (χ3n) is 2.96. The SMILES string of the molecule is CN(C)c1ccccc1-c1ccccc1CC#N. The molecule has 0 aliphatic carbocycles. The average Bonchev–Trinajstić information content (AvgIpc) is 2.40. The Labute approximate surface area is 108 Å². The van der Waals surface area contributed by atoms with Crippen molar-refractivity contribution in [2.45, 2.75) is 6.42 Å². The van der Waals surface area contributed by atoms with Crippen molar-refractivity contribution >= 4 is 5.69 Å². The Morgan fingerprint density at radius 1 is 0.944 bits per heavy atom. The van der Waals surface area contributed by atoms with Crippen molar-refractivity contribution in [2.24, 2.45) is 0 Å². The Bertz CT molecular complexity index is 580. The Hall–Kier alpha value is -2.27. The zero-order chi connectivity index (χ0) is 13.0. The minimum atomic E-state index is 0.442. The molecule has 0 aliphatic heterocycles. The lowest BCUT2D eigenvalue weighted by molar-refractivity contribution is 1.13. The highest BCUT2D eigenvalue weighted by molar-refractivity contribution is 5.80. The number of nitrogens with zero attached hydrogens (tertiary/aromatic N) is 2. The minimum Gasteiger partial charge on any atom is -0.377 e. The summed E-state index contributed by atoms with van der Waals surface area (Å²) in [4.78, 5) is 2.10. The first-order chi connectivity index (χ1) is 8.74. The molecule has 2 rings (SSSR count). The topological polar surface area (TPSA) is 27.0 Å². The van der Waals surface area contributed by atoms with Crippen molar-refractivity contribution in [2.75, 3.05) is 19.0 Å². The lowest BCUT2D eigenvalue weighted by atomic mass is 9.96. The van der Waals surface area contributed by atoms with E-state index in [0.29, 0.717) is 6.42 Å². The van der Waals surface area contributed by atoms with Crippen LogP contribution in [0.2, 0.25) is 0 Å². The maximum Gasteiger partial charge on any atom is 0.0669 e. The predicted molar refractivity (Wildman–Crippen MR) is 75.5 cm³/mol. The van der Waals surface area contributed by atoms with Gasteiger partial charge in [-0.2, -0.15) is 5.26 Å². The molecule has 2 aromatic rings. The highest BCUT2D eigenvalue weighted by atomic mass is 15.1. The molecule has 0 fully saturated rings. The van der Waals surface area contributed by atoms with Crippen LogP contribution in [0.1, 0.15) is 5.56 Å². The Kier molecular flexibility index (Phi) is 3.64. The van der Waals surface area contributed by atoms with Gasteiger partial charge in [-0.3, -0.25) is 0 Å². The van der Waals surface area contributed by atoms with Gasteiger partial charge in [0.2, 0.25) is 0 Å². The van der Waals surface area contributed by atoms with Gasteiger partial charge in [0.15, 0.2) is 0 Å². The van der Waals surface area contributed by atoms with Gasteiger partial charge < -0.3 is 4.90 Å². The van der Waals surface area contributed by atoms with Gasteiger partial charge in [-0.25, -0.2) is 0 Å². The van der Waals surface area contributed by atoms with E-state index in [-0.39, 0.29) is 0 Å². The van der Waals surface area contributed by atoms with Crippen LogP contribution in [-0.4, -0.2) is 14.1 Å². The van der Waals surface area contributed by atoms with Crippen LogP contribution in [-0.2, 0) is 6.42 Å². The first-order valence-corrected chi connectivity index (χ1v) is 5.95. The molecule has 2 heteroatoms. The number of nitriles is 1. The summed E-state index contributed by atoms with van der Waals surface area (Å²) < 4.78 is 0. The lowest BCUT2D eigenvalue weighted by Crippen LogP contribution is -2.10. The van der Waals surface area contributed by atoms with Crippen molar-refractivity contribution in [1.29, 1.82) is 5.26 Å². The normalized spacial score (nSPS) is 9.83. The van der Waals surface area contributed by atoms with Crippen LogP contribution in [0.3, 0.4) is 0 Å². The summed E-state index contributed by atoms with van der Waals surface area (Å²) in [6.45, 7) is 0. The third kappa shape index (κ3) is 2.36. The van der Waals surface area contributed by atoms with Gasteiger partial charge in [0.25, 0.3) is 0 Å². The molecule has 2 aromatic carbocycles. The molecular weight excluding hydrogens is 220 g/mol. The van der Waals surface area contributed by atoms with Gasteiger partial charge in [-0.15, -0.1) is 0 Å². The van der Waals surface area contributed by atoms with Crippen LogP contribution >= 0.6 is 0 Å². The Morgan fingerprint density at radius 3 is 2.22 bits per heavy atom. The molecular formula is C16H16N2. The second-order valence-electron chi connectivity index (χ2n) is 4.40. The average molecular weight is 236 g/mol. The van der Waals surface area contributed by atoms with E-state index in [0.717, 1.165) is 11.1 Å². The van der Waals surface area contributed by atoms with E-state index in [4.69, 9.17) is 5.26 Å². The van der Waals surface area contributed by atoms with Gasteiger partial charge in [0.05, 0.1) is 12.5 Å². The molecule has 0 spiro atoms. The van der Waals surface area contributed by atoms with Gasteiger partial charge in [-0.1, -0.05) is 42.5 Å². The molecule has 0 unspecified atom stereocenters. The molecule has 0 amide bonds. The molecule has 90 valence electrons. The van der Waals surface area contributed by atoms with E-state index >= 15 is 0 Å². The fourth-order valence-electron chi connectivity index (χ4n) is 2.11. The summed E-state index contributed by atoms with van der Waals surface area (Å²) >= 11 is 0. The largest absolute Gasteiger partial charge is 0.377 e. The summed E-state index contributed by atoms with van der Waals surface area (Å²) in [6, 6.07) is 18.6. The summed E-state index contributed by atoms with van der Waals surface area (Å²) in [5.41, 5.74) is 4.56. The van der Waals surface area contributed by atoms with Gasteiger partial charge >= 0.3 is 0 Å². The van der Waals surface area contributed by atoms with Crippen LogP contribution in [0, 0.1) is 11.3 Å². The Morgan fingerprint density at radius 2 is 1.56 bits per heavy atom. The molecule has 0 aliphatic rings. The number of hydrogen-bond donors (Lipinski definition) is 0. The van der Waals surface area contributed by atoms with Crippen molar-refractivity contribution in [3.05, 3.63) is 54.1 Å². The van der Waals surface area contributed by atoms with Gasteiger partial charge in [0.1, 0.15) is 0 Å². The summed E-state index contributed by atoms with van der Waals surface area (Å²) in [6.07, 6.45) is 0.442. The van der Waals surface area contributed by atoms with E-state index in [1.807, 2.05) is 44.4 Å². The number of rotatable bonds is 3. The summed E-state index contributed by atoms with van der Waals surface area (Å²) in [7, 11) is 4.07. The highest BCUT2D eigenvalue weighted by Crippen LogP contribution is 2.32. The molecule has 0 saturated heterocycles. The van der Waals surface area contributed by atoms with Crippen LogP contribution in [0.25, 0.3) is 11.1 Å². The van der Waals surface area contributed by atoms with Crippen molar-refractivity contribution < 1.29 is 0 Å². The number of hydrogen-bond acceptors (Lipinski definition) is 2. The van der Waals surface area contributed by atoms with Crippen LogP contribution < -0.4 is 4.90 Å². The fourth-order valence-corrected chi connectivity index (χ4v) is 2.11. The predicted octanol–water partition coefficient (Wildman–Crippen LogP) is 3.49. The molecule has 0 aromatic heterocycles. The summed E-state index contributed by atoms with van der Waals surface area (Å²) in [5, 5.41) is 8.91. The van der Waals surface area contributed by atoms with E-state index in [9.17, 15) is 0 Å². The van der Waals surface area contributed by atoms with Crippen LogP contribution in [0.15, 0.2) is 48.5 Å². The molecule has 0 atom stereocenters. The molecule has 0 N–H and O–H groups in total. The first-order valence-electron chi connectivity index (χ1n) is 5.95. The molecule has 2 nitrogen and oxygen atoms in total. The lowest BCUT2D eigenvalue weighted by Gasteiger charge is -2.18. The smallest absolute Gasteiger partial charge is 0.0669 e. The van der Waals surface area contributed by atoms with Crippen molar-refractivity contribution in [1.82, 2.24) is 0 Å². The Balaban J connectivity index is 2.59. The molecule has 0 heterocycles.